The van der Waals surface area contributed by atoms with E-state index >= 15 is 0 Å². The number of carboxylic acid groups (broad SMARTS) is 1. The van der Waals surface area contributed by atoms with E-state index in [4.69, 9.17) is 24.1 Å². The Hall–Kier alpha value is -5.18. The zero-order valence-corrected chi connectivity index (χ0v) is 21.4. The fraction of sp³-hybridized carbons (Fsp3) is 0.161. The summed E-state index contributed by atoms with van der Waals surface area (Å²) in [6.45, 7) is 0.105. The second-order valence-corrected chi connectivity index (χ2v) is 9.03. The Bertz CT molecular complexity index is 1540. The number of hydrogen-bond donors (Lipinski definition) is 3. The van der Waals surface area contributed by atoms with E-state index in [0.29, 0.717) is 52.1 Å². The van der Waals surface area contributed by atoms with Crippen LogP contribution in [0.5, 0.6) is 23.0 Å². The number of allylic oxidation sites excluding steroid dienone is 1. The quantitative estimate of drug-likeness (QED) is 0.196. The van der Waals surface area contributed by atoms with E-state index in [9.17, 15) is 14.7 Å². The summed E-state index contributed by atoms with van der Waals surface area (Å²) in [7, 11) is 0. The van der Waals surface area contributed by atoms with Crippen molar-refractivity contribution in [3.63, 3.8) is 0 Å². The Labute approximate surface area is 230 Å². The van der Waals surface area contributed by atoms with Gasteiger partial charge in [-0.25, -0.2) is 9.59 Å². The van der Waals surface area contributed by atoms with Crippen molar-refractivity contribution < 1.29 is 38.7 Å². The minimum atomic E-state index is -1.05. The van der Waals surface area contributed by atoms with Gasteiger partial charge < -0.3 is 29.2 Å². The zero-order valence-electron chi connectivity index (χ0n) is 21.4. The largest absolute Gasteiger partial charge is 0.507 e. The van der Waals surface area contributed by atoms with E-state index in [1.54, 1.807) is 48.5 Å². The lowest BCUT2D eigenvalue weighted by atomic mass is 9.94. The van der Waals surface area contributed by atoms with Gasteiger partial charge in [0.15, 0.2) is 17.6 Å². The fourth-order valence-electron chi connectivity index (χ4n) is 4.52. The lowest BCUT2D eigenvalue weighted by Crippen LogP contribution is -2.31. The highest BCUT2D eigenvalue weighted by atomic mass is 16.7. The first kappa shape index (κ1) is 26.4. The van der Waals surface area contributed by atoms with Crippen LogP contribution in [-0.2, 0) is 9.53 Å². The normalized spacial score (nSPS) is 13.6. The number of nitrogens with one attached hydrogen (secondary N) is 1. The van der Waals surface area contributed by atoms with Crippen molar-refractivity contribution in [3.05, 3.63) is 103 Å². The van der Waals surface area contributed by atoms with Crippen LogP contribution in [0.4, 0.5) is 10.5 Å². The molecule has 0 spiro atoms. The minimum absolute atomic E-state index is 0.0906. The molecule has 5 rings (SSSR count). The molecule has 1 aliphatic rings. The summed E-state index contributed by atoms with van der Waals surface area (Å²) in [5.74, 6) is 0.684. The Morgan fingerprint density at radius 1 is 0.925 bits per heavy atom. The second kappa shape index (κ2) is 12.1. The number of carbonyl (C=O) groups is 2. The summed E-state index contributed by atoms with van der Waals surface area (Å²) in [6.07, 6.45) is 0.900. The van der Waals surface area contributed by atoms with Crippen molar-refractivity contribution in [3.8, 4) is 23.0 Å². The average Bonchev–Trinajstić information content (AvgIpc) is 3.43. The van der Waals surface area contributed by atoms with Gasteiger partial charge in [0.25, 0.3) is 0 Å². The number of ether oxygens (including phenoxy) is 4. The average molecular weight is 542 g/mol. The number of benzene rings is 4. The summed E-state index contributed by atoms with van der Waals surface area (Å²) in [5.41, 5.74) is 1.07. The molecule has 2 atom stereocenters. The topological polar surface area (TPSA) is 124 Å². The molecule has 9 heteroatoms. The maximum Gasteiger partial charge on any atom is 0.412 e. The standard InChI is InChI=1S/C31H27NO8/c33-25-16-15-24(22-10-4-5-11-23(22)25)30(40-31(36)32-20-14-17-26-28(18-20)38-19-37-26)27(12-6-7-13-29(34)35)39-21-8-2-1-3-9-21/h1-5,7-11,13-18,27,30,33H,6,12,19H2,(H,32,36)(H,34,35)/b13-7+/t27-,30-/m0/s1. The van der Waals surface area contributed by atoms with Gasteiger partial charge >= 0.3 is 12.1 Å². The van der Waals surface area contributed by atoms with Crippen molar-refractivity contribution in [2.45, 2.75) is 25.0 Å². The molecule has 1 aliphatic heterocycles. The molecule has 4 aromatic rings. The van der Waals surface area contributed by atoms with E-state index < -0.39 is 24.3 Å². The maximum absolute atomic E-state index is 13.3. The maximum atomic E-state index is 13.3. The lowest BCUT2D eigenvalue weighted by molar-refractivity contribution is -0.131. The SMILES string of the molecule is O=C(O)/C=C/CC[C@H](Oc1ccccc1)[C@@H](OC(=O)Nc1ccc2c(c1)OCO2)c1ccc(O)c2ccccc12. The molecule has 1 heterocycles. The molecule has 1 amide bonds. The molecule has 204 valence electrons. The number of carbonyl (C=O) groups excluding carboxylic acids is 1. The molecule has 3 N–H and O–H groups in total. The molecule has 9 nitrogen and oxygen atoms in total. The molecular weight excluding hydrogens is 514 g/mol. The number of phenols is 1. The third-order valence-electron chi connectivity index (χ3n) is 6.34. The Morgan fingerprint density at radius 3 is 2.48 bits per heavy atom. The van der Waals surface area contributed by atoms with Crippen molar-refractivity contribution in [1.29, 1.82) is 0 Å². The molecule has 0 fully saturated rings. The second-order valence-electron chi connectivity index (χ2n) is 9.03. The van der Waals surface area contributed by atoms with Gasteiger partial charge in [-0.05, 0) is 48.6 Å². The Morgan fingerprint density at radius 2 is 1.68 bits per heavy atom. The van der Waals surface area contributed by atoms with E-state index in [1.165, 1.54) is 6.08 Å². The van der Waals surface area contributed by atoms with Crippen molar-refractivity contribution >= 4 is 28.5 Å². The predicted molar refractivity (Wildman–Crippen MR) is 148 cm³/mol. The third kappa shape index (κ3) is 6.27. The molecular formula is C31H27NO8. The van der Waals surface area contributed by atoms with Crippen LogP contribution < -0.4 is 19.5 Å². The van der Waals surface area contributed by atoms with E-state index in [1.807, 2.05) is 36.4 Å². The fourth-order valence-corrected chi connectivity index (χ4v) is 4.52. The van der Waals surface area contributed by atoms with Crippen LogP contribution >= 0.6 is 0 Å². The zero-order chi connectivity index (χ0) is 27.9. The van der Waals surface area contributed by atoms with Gasteiger partial charge in [0.1, 0.15) is 17.6 Å². The van der Waals surface area contributed by atoms with Crippen molar-refractivity contribution in [2.75, 3.05) is 12.1 Å². The number of hydrogen-bond acceptors (Lipinski definition) is 7. The van der Waals surface area contributed by atoms with Gasteiger partial charge in [-0.15, -0.1) is 0 Å². The highest BCUT2D eigenvalue weighted by molar-refractivity contribution is 5.92. The molecule has 0 saturated carbocycles. The van der Waals surface area contributed by atoms with E-state index in [0.717, 1.165) is 6.08 Å². The molecule has 0 unspecified atom stereocenters. The number of phenolic OH excluding ortho intramolecular Hbond substituents is 1. The van der Waals surface area contributed by atoms with Gasteiger partial charge in [0.2, 0.25) is 6.79 Å². The minimum Gasteiger partial charge on any atom is -0.507 e. The van der Waals surface area contributed by atoms with Crippen molar-refractivity contribution in [1.82, 2.24) is 0 Å². The summed E-state index contributed by atoms with van der Waals surface area (Å²) in [4.78, 5) is 24.3. The molecule has 0 saturated heterocycles. The Balaban J connectivity index is 1.50. The number of amides is 1. The van der Waals surface area contributed by atoms with Gasteiger partial charge in [-0.2, -0.15) is 0 Å². The van der Waals surface area contributed by atoms with Crippen LogP contribution in [0, 0.1) is 0 Å². The number of carboxylic acids is 1. The smallest absolute Gasteiger partial charge is 0.412 e. The van der Waals surface area contributed by atoms with Crippen LogP contribution in [0.1, 0.15) is 24.5 Å². The lowest BCUT2D eigenvalue weighted by Gasteiger charge is -2.29. The van der Waals surface area contributed by atoms with Crippen LogP contribution in [0.2, 0.25) is 0 Å². The first-order valence-corrected chi connectivity index (χ1v) is 12.7. The Kier molecular flexibility index (Phi) is 8.01. The highest BCUT2D eigenvalue weighted by Crippen LogP contribution is 2.37. The van der Waals surface area contributed by atoms with Crippen LogP contribution in [0.3, 0.4) is 0 Å². The number of rotatable bonds is 10. The molecule has 40 heavy (non-hydrogen) atoms. The van der Waals surface area contributed by atoms with Crippen LogP contribution in [0.15, 0.2) is 97.1 Å². The first-order chi connectivity index (χ1) is 19.5. The van der Waals surface area contributed by atoms with E-state index in [-0.39, 0.29) is 12.5 Å². The van der Waals surface area contributed by atoms with Gasteiger partial charge in [-0.3, -0.25) is 5.32 Å². The highest BCUT2D eigenvalue weighted by Gasteiger charge is 2.31. The molecule has 0 radical (unpaired) electrons. The molecule has 0 bridgehead atoms. The number of anilines is 1. The summed E-state index contributed by atoms with van der Waals surface area (Å²) >= 11 is 0. The van der Waals surface area contributed by atoms with Gasteiger partial charge in [0, 0.05) is 28.8 Å². The van der Waals surface area contributed by atoms with Crippen molar-refractivity contribution in [2.24, 2.45) is 0 Å². The number of fused-ring (bicyclic) bond motifs is 2. The monoisotopic (exact) mass is 541 g/mol. The molecule has 0 aromatic heterocycles. The number of para-hydroxylation sites is 1. The molecule has 0 aliphatic carbocycles. The molecule has 4 aromatic carbocycles. The number of aromatic hydroxyl groups is 1. The summed E-state index contributed by atoms with van der Waals surface area (Å²) in [5, 5.41) is 23.5. The summed E-state index contributed by atoms with van der Waals surface area (Å²) < 4.78 is 23.1. The van der Waals surface area contributed by atoms with Gasteiger partial charge in [-0.1, -0.05) is 54.6 Å². The van der Waals surface area contributed by atoms with Crippen LogP contribution in [0.25, 0.3) is 10.8 Å². The third-order valence-corrected chi connectivity index (χ3v) is 6.34. The van der Waals surface area contributed by atoms with Crippen LogP contribution in [-0.4, -0.2) is 35.2 Å². The number of aliphatic carboxylic acids is 1. The predicted octanol–water partition coefficient (Wildman–Crippen LogP) is 6.43. The first-order valence-electron chi connectivity index (χ1n) is 12.7. The van der Waals surface area contributed by atoms with E-state index in [2.05, 4.69) is 5.32 Å². The van der Waals surface area contributed by atoms with Gasteiger partial charge in [0.05, 0.1) is 0 Å². The summed E-state index contributed by atoms with van der Waals surface area (Å²) in [6, 6.07) is 24.6.